The molecule has 0 radical (unpaired) electrons. The van der Waals surface area contributed by atoms with Crippen molar-refractivity contribution in [3.8, 4) is 11.3 Å². The molecule has 26 heavy (non-hydrogen) atoms. The Hall–Kier alpha value is -2.45. The number of allylic oxidation sites excluding steroid dienone is 1. The summed E-state index contributed by atoms with van der Waals surface area (Å²) in [6.45, 7) is 2.00. The molecular weight excluding hydrogens is 370 g/mol. The van der Waals surface area contributed by atoms with Crippen LogP contribution in [0.4, 0.5) is 5.13 Å². The van der Waals surface area contributed by atoms with E-state index in [4.69, 9.17) is 0 Å². The van der Waals surface area contributed by atoms with Gasteiger partial charge in [-0.3, -0.25) is 4.79 Å². The number of aromatic nitrogens is 2. The largest absolute Gasteiger partial charge is 0.358 e. The Morgan fingerprint density at radius 1 is 1.38 bits per heavy atom. The lowest BCUT2D eigenvalue weighted by Crippen LogP contribution is -2.17. The highest BCUT2D eigenvalue weighted by atomic mass is 32.2. The van der Waals surface area contributed by atoms with Gasteiger partial charge in [-0.2, -0.15) is 0 Å². The molecule has 1 atom stereocenters. The van der Waals surface area contributed by atoms with Gasteiger partial charge in [-0.15, -0.1) is 11.3 Å². The van der Waals surface area contributed by atoms with Gasteiger partial charge < -0.3 is 10.3 Å². The van der Waals surface area contributed by atoms with Crippen molar-refractivity contribution in [1.82, 2.24) is 9.97 Å². The summed E-state index contributed by atoms with van der Waals surface area (Å²) in [6, 6.07) is 8.02. The van der Waals surface area contributed by atoms with Gasteiger partial charge in [-0.05, 0) is 13.0 Å². The molecule has 2 N–H and O–H groups in total. The predicted octanol–water partition coefficient (Wildman–Crippen LogP) is 3.49. The summed E-state index contributed by atoms with van der Waals surface area (Å²) in [6.07, 6.45) is 1.72. The van der Waals surface area contributed by atoms with Gasteiger partial charge in [0, 0.05) is 45.3 Å². The standard InChI is InChI=1S/C18H17N3O3S2/c1-11-17(13-4-2-3-5-14(13)19-11)15-9-25-18(20-15)21-16(22)8-12-6-7-26(23,24)10-12/h2-7,9,12,19H,8,10H2,1H3,(H,20,21,22). The molecule has 2 aromatic heterocycles. The molecule has 1 unspecified atom stereocenters. The summed E-state index contributed by atoms with van der Waals surface area (Å²) in [5, 5.41) is 7.48. The quantitative estimate of drug-likeness (QED) is 0.717. The van der Waals surface area contributed by atoms with Crippen LogP contribution in [0.25, 0.3) is 22.2 Å². The normalized spacial score (nSPS) is 18.4. The van der Waals surface area contributed by atoms with Gasteiger partial charge >= 0.3 is 0 Å². The maximum atomic E-state index is 12.2. The van der Waals surface area contributed by atoms with Crippen molar-refractivity contribution in [3.63, 3.8) is 0 Å². The van der Waals surface area contributed by atoms with Gasteiger partial charge in [0.25, 0.3) is 0 Å². The zero-order valence-electron chi connectivity index (χ0n) is 14.0. The first kappa shape index (κ1) is 17.0. The molecule has 4 rings (SSSR count). The molecule has 6 nitrogen and oxygen atoms in total. The Morgan fingerprint density at radius 2 is 2.19 bits per heavy atom. The fourth-order valence-electron chi connectivity index (χ4n) is 3.23. The Bertz CT molecular complexity index is 1130. The number of sulfone groups is 1. The summed E-state index contributed by atoms with van der Waals surface area (Å²) in [5.41, 5.74) is 3.91. The van der Waals surface area contributed by atoms with Crippen molar-refractivity contribution in [2.45, 2.75) is 13.3 Å². The van der Waals surface area contributed by atoms with Gasteiger partial charge in [-0.1, -0.05) is 24.3 Å². The van der Waals surface area contributed by atoms with E-state index in [2.05, 4.69) is 15.3 Å². The molecule has 0 saturated carbocycles. The predicted molar refractivity (Wildman–Crippen MR) is 104 cm³/mol. The van der Waals surface area contributed by atoms with E-state index in [1.165, 1.54) is 16.7 Å². The number of amides is 1. The van der Waals surface area contributed by atoms with Crippen LogP contribution < -0.4 is 5.32 Å². The third kappa shape index (κ3) is 3.30. The highest BCUT2D eigenvalue weighted by molar-refractivity contribution is 7.94. The van der Waals surface area contributed by atoms with Crippen LogP contribution in [0.3, 0.4) is 0 Å². The molecule has 0 spiro atoms. The number of hydrogen-bond donors (Lipinski definition) is 2. The molecule has 3 heterocycles. The Morgan fingerprint density at radius 3 is 2.96 bits per heavy atom. The molecule has 1 aliphatic heterocycles. The third-order valence-corrected chi connectivity index (χ3v) is 6.57. The Kier molecular flexibility index (Phi) is 4.16. The molecule has 0 bridgehead atoms. The smallest absolute Gasteiger partial charge is 0.226 e. The number of anilines is 1. The molecular formula is C18H17N3O3S2. The fourth-order valence-corrected chi connectivity index (χ4v) is 5.34. The summed E-state index contributed by atoms with van der Waals surface area (Å²) in [7, 11) is -3.14. The third-order valence-electron chi connectivity index (χ3n) is 4.35. The van der Waals surface area contributed by atoms with E-state index in [0.29, 0.717) is 5.13 Å². The van der Waals surface area contributed by atoms with Crippen LogP contribution >= 0.6 is 11.3 Å². The second-order valence-electron chi connectivity index (χ2n) is 6.38. The zero-order chi connectivity index (χ0) is 18.3. The van der Waals surface area contributed by atoms with E-state index in [1.54, 1.807) is 6.08 Å². The number of nitrogens with one attached hydrogen (secondary N) is 2. The van der Waals surface area contributed by atoms with Crippen molar-refractivity contribution in [1.29, 1.82) is 0 Å². The number of hydrogen-bond acceptors (Lipinski definition) is 5. The van der Waals surface area contributed by atoms with Gasteiger partial charge in [0.1, 0.15) is 0 Å². The van der Waals surface area contributed by atoms with Crippen LogP contribution in [0, 0.1) is 12.8 Å². The van der Waals surface area contributed by atoms with E-state index in [-0.39, 0.29) is 24.0 Å². The molecule has 0 saturated heterocycles. The Balaban J connectivity index is 1.50. The second-order valence-corrected chi connectivity index (χ2v) is 9.17. The van der Waals surface area contributed by atoms with Crippen LogP contribution in [0.1, 0.15) is 12.1 Å². The van der Waals surface area contributed by atoms with Crippen molar-refractivity contribution >= 4 is 43.1 Å². The lowest BCUT2D eigenvalue weighted by molar-refractivity contribution is -0.116. The molecule has 134 valence electrons. The number of H-pyrrole nitrogens is 1. The van der Waals surface area contributed by atoms with Crippen LogP contribution in [-0.4, -0.2) is 30.0 Å². The van der Waals surface area contributed by atoms with E-state index in [1.807, 2.05) is 36.6 Å². The monoisotopic (exact) mass is 387 g/mol. The molecule has 1 aromatic carbocycles. The molecule has 8 heteroatoms. The van der Waals surface area contributed by atoms with Crippen molar-refractivity contribution in [2.75, 3.05) is 11.1 Å². The van der Waals surface area contributed by atoms with Crippen LogP contribution in [-0.2, 0) is 14.6 Å². The van der Waals surface area contributed by atoms with Crippen LogP contribution in [0.2, 0.25) is 0 Å². The molecule has 3 aromatic rings. The minimum atomic E-state index is -3.14. The highest BCUT2D eigenvalue weighted by Crippen LogP contribution is 2.34. The van der Waals surface area contributed by atoms with Crippen molar-refractivity contribution < 1.29 is 13.2 Å². The summed E-state index contributed by atoms with van der Waals surface area (Å²) in [4.78, 5) is 20.1. The number of para-hydroxylation sites is 1. The number of carbonyl (C=O) groups is 1. The molecule has 1 amide bonds. The molecule has 1 aliphatic rings. The van der Waals surface area contributed by atoms with Crippen molar-refractivity contribution in [3.05, 3.63) is 46.8 Å². The number of fused-ring (bicyclic) bond motifs is 1. The lowest BCUT2D eigenvalue weighted by Gasteiger charge is -2.05. The summed E-state index contributed by atoms with van der Waals surface area (Å²) >= 11 is 1.36. The first-order chi connectivity index (χ1) is 12.4. The van der Waals surface area contributed by atoms with E-state index in [9.17, 15) is 13.2 Å². The number of thiazole rings is 1. The lowest BCUT2D eigenvalue weighted by atomic mass is 10.1. The fraction of sp³-hybridized carbons (Fsp3) is 0.222. The number of carbonyl (C=O) groups excluding carboxylic acids is 1. The van der Waals surface area contributed by atoms with Gasteiger partial charge in [0.05, 0.1) is 11.4 Å². The number of rotatable bonds is 4. The SMILES string of the molecule is Cc1[nH]c2ccccc2c1-c1csc(NC(=O)CC2C=CS(=O)(=O)C2)n1. The first-order valence-electron chi connectivity index (χ1n) is 8.15. The van der Waals surface area contributed by atoms with Crippen LogP contribution in [0.15, 0.2) is 41.1 Å². The number of nitrogens with zero attached hydrogens (tertiary/aromatic N) is 1. The average molecular weight is 387 g/mol. The summed E-state index contributed by atoms with van der Waals surface area (Å²) < 4.78 is 22.8. The first-order valence-corrected chi connectivity index (χ1v) is 10.7. The van der Waals surface area contributed by atoms with E-state index < -0.39 is 9.84 Å². The molecule has 0 aliphatic carbocycles. The van der Waals surface area contributed by atoms with Gasteiger partial charge in [0.2, 0.25) is 5.91 Å². The second kappa shape index (κ2) is 6.37. The maximum Gasteiger partial charge on any atom is 0.226 e. The van der Waals surface area contributed by atoms with Gasteiger partial charge in [-0.25, -0.2) is 13.4 Å². The summed E-state index contributed by atoms with van der Waals surface area (Å²) in [5.74, 6) is -0.499. The number of benzene rings is 1. The van der Waals surface area contributed by atoms with Crippen LogP contribution in [0.5, 0.6) is 0 Å². The minimum Gasteiger partial charge on any atom is -0.358 e. The van der Waals surface area contributed by atoms with E-state index >= 15 is 0 Å². The number of aromatic amines is 1. The van der Waals surface area contributed by atoms with Gasteiger partial charge in [0.15, 0.2) is 15.0 Å². The number of aryl methyl sites for hydroxylation is 1. The highest BCUT2D eigenvalue weighted by Gasteiger charge is 2.24. The topological polar surface area (TPSA) is 91.9 Å². The molecule has 0 fully saturated rings. The minimum absolute atomic E-state index is 0.00191. The van der Waals surface area contributed by atoms with Crippen molar-refractivity contribution in [2.24, 2.45) is 5.92 Å². The van der Waals surface area contributed by atoms with E-state index in [0.717, 1.165) is 27.9 Å². The Labute approximate surface area is 154 Å². The zero-order valence-corrected chi connectivity index (χ0v) is 15.7. The average Bonchev–Trinajstić information content (AvgIpc) is 3.24. The maximum absolute atomic E-state index is 12.2.